The van der Waals surface area contributed by atoms with E-state index in [-0.39, 0.29) is 12.1 Å². The predicted molar refractivity (Wildman–Crippen MR) is 89.8 cm³/mol. The molecule has 0 fully saturated rings. The number of halogens is 1. The van der Waals surface area contributed by atoms with Crippen molar-refractivity contribution < 1.29 is 18.7 Å². The van der Waals surface area contributed by atoms with E-state index >= 15 is 0 Å². The lowest BCUT2D eigenvalue weighted by Gasteiger charge is -2.13. The van der Waals surface area contributed by atoms with Crippen LogP contribution in [0.1, 0.15) is 11.7 Å². The number of aliphatic hydroxyl groups excluding tert-OH is 1. The number of aromatic nitrogens is 1. The second-order valence-electron chi connectivity index (χ2n) is 5.48. The number of aryl methyl sites for hydroxylation is 1. The Bertz CT molecular complexity index is 979. The molecule has 0 unspecified atom stereocenters. The number of anilines is 1. The molecule has 0 aliphatic carbocycles. The normalized spacial score (nSPS) is 12.1. The van der Waals surface area contributed by atoms with Crippen LogP contribution >= 0.6 is 0 Å². The molecule has 0 spiro atoms. The number of fused-ring (bicyclic) bond motifs is 1. The zero-order valence-electron chi connectivity index (χ0n) is 13.3. The van der Waals surface area contributed by atoms with Gasteiger partial charge in [0.2, 0.25) is 0 Å². The monoisotopic (exact) mass is 345 g/mol. The topological polar surface area (TPSA) is 96.5 Å². The van der Waals surface area contributed by atoms with E-state index in [1.165, 1.54) is 22.8 Å². The average Bonchev–Trinajstić information content (AvgIpc) is 2.87. The molecule has 0 saturated carbocycles. The Hall–Kier alpha value is -3.13. The van der Waals surface area contributed by atoms with Gasteiger partial charge in [-0.3, -0.25) is 4.57 Å². The number of rotatable bonds is 4. The van der Waals surface area contributed by atoms with Crippen LogP contribution in [0.4, 0.5) is 14.9 Å². The van der Waals surface area contributed by atoms with Crippen LogP contribution in [0.25, 0.3) is 11.1 Å². The molecule has 1 atom stereocenters. The third-order valence-corrected chi connectivity index (χ3v) is 3.77. The van der Waals surface area contributed by atoms with E-state index in [0.717, 1.165) is 0 Å². The van der Waals surface area contributed by atoms with E-state index in [1.54, 1.807) is 31.3 Å². The van der Waals surface area contributed by atoms with Gasteiger partial charge in [-0.25, -0.2) is 14.0 Å². The summed E-state index contributed by atoms with van der Waals surface area (Å²) in [5.74, 6) is -1.03. The van der Waals surface area contributed by atoms with Crippen molar-refractivity contribution >= 4 is 22.8 Å². The third kappa shape index (κ3) is 3.53. The SMILES string of the molecule is Cn1c(=O)oc2ccc(NC(=O)NC[C@@H](O)c3ccccc3F)cc21. The molecule has 1 heterocycles. The van der Waals surface area contributed by atoms with Gasteiger partial charge in [0.15, 0.2) is 5.58 Å². The standard InChI is InChI=1S/C17H16FN3O4/c1-21-13-8-10(6-7-15(13)25-17(21)24)20-16(23)19-9-14(22)11-4-2-3-5-12(11)18/h2-8,14,22H,9H2,1H3,(H2,19,20,23)/t14-/m1/s1. The number of carbonyl (C=O) groups is 1. The van der Waals surface area contributed by atoms with Gasteiger partial charge in [-0.05, 0) is 24.3 Å². The second kappa shape index (κ2) is 6.78. The van der Waals surface area contributed by atoms with Gasteiger partial charge >= 0.3 is 11.8 Å². The molecule has 3 aromatic rings. The van der Waals surface area contributed by atoms with Crippen molar-refractivity contribution in [3.63, 3.8) is 0 Å². The quantitative estimate of drug-likeness (QED) is 0.675. The first-order valence-electron chi connectivity index (χ1n) is 7.52. The Morgan fingerprint density at radius 2 is 2.08 bits per heavy atom. The molecule has 2 aromatic carbocycles. The zero-order valence-corrected chi connectivity index (χ0v) is 13.3. The van der Waals surface area contributed by atoms with E-state index in [9.17, 15) is 19.1 Å². The smallest absolute Gasteiger partial charge is 0.408 e. The highest BCUT2D eigenvalue weighted by Gasteiger charge is 2.14. The van der Waals surface area contributed by atoms with Gasteiger partial charge in [0.1, 0.15) is 5.82 Å². The summed E-state index contributed by atoms with van der Waals surface area (Å²) in [7, 11) is 1.56. The van der Waals surface area contributed by atoms with Crippen molar-refractivity contribution in [2.75, 3.05) is 11.9 Å². The largest absolute Gasteiger partial charge is 0.419 e. The molecule has 7 nitrogen and oxygen atoms in total. The molecule has 25 heavy (non-hydrogen) atoms. The second-order valence-corrected chi connectivity index (χ2v) is 5.48. The minimum Gasteiger partial charge on any atom is -0.408 e. The number of aliphatic hydroxyl groups is 1. The van der Waals surface area contributed by atoms with Gasteiger partial charge in [-0.1, -0.05) is 18.2 Å². The van der Waals surface area contributed by atoms with Crippen molar-refractivity contribution in [2.45, 2.75) is 6.10 Å². The Balaban J connectivity index is 1.64. The summed E-state index contributed by atoms with van der Waals surface area (Å²) in [5, 5.41) is 15.0. The molecule has 0 radical (unpaired) electrons. The van der Waals surface area contributed by atoms with Crippen LogP contribution in [-0.2, 0) is 7.05 Å². The van der Waals surface area contributed by atoms with E-state index < -0.39 is 23.7 Å². The van der Waals surface area contributed by atoms with Crippen LogP contribution < -0.4 is 16.4 Å². The predicted octanol–water partition coefficient (Wildman–Crippen LogP) is 2.13. The van der Waals surface area contributed by atoms with Crippen LogP contribution in [0.2, 0.25) is 0 Å². The number of oxazole rings is 1. The molecule has 2 amide bonds. The van der Waals surface area contributed by atoms with E-state index in [4.69, 9.17) is 4.42 Å². The minimum absolute atomic E-state index is 0.109. The number of hydrogen-bond acceptors (Lipinski definition) is 4. The van der Waals surface area contributed by atoms with Crippen molar-refractivity contribution in [2.24, 2.45) is 7.05 Å². The molecule has 1 aromatic heterocycles. The Kier molecular flexibility index (Phi) is 4.53. The van der Waals surface area contributed by atoms with Crippen LogP contribution in [0.3, 0.4) is 0 Å². The number of urea groups is 1. The number of benzene rings is 2. The van der Waals surface area contributed by atoms with E-state index in [2.05, 4.69) is 10.6 Å². The lowest BCUT2D eigenvalue weighted by molar-refractivity contribution is 0.170. The zero-order chi connectivity index (χ0) is 18.0. The highest BCUT2D eigenvalue weighted by Crippen LogP contribution is 2.18. The highest BCUT2D eigenvalue weighted by molar-refractivity contribution is 5.91. The maximum Gasteiger partial charge on any atom is 0.419 e. The number of amides is 2. The molecule has 0 aliphatic rings. The molecule has 130 valence electrons. The minimum atomic E-state index is -1.16. The van der Waals surface area contributed by atoms with Crippen molar-refractivity contribution in [3.8, 4) is 0 Å². The highest BCUT2D eigenvalue weighted by atomic mass is 19.1. The molecule has 8 heteroatoms. The van der Waals surface area contributed by atoms with Gasteiger partial charge in [0.05, 0.1) is 11.6 Å². The average molecular weight is 345 g/mol. The molecule has 0 bridgehead atoms. The van der Waals surface area contributed by atoms with Crippen LogP contribution in [0.5, 0.6) is 0 Å². The summed E-state index contributed by atoms with van der Waals surface area (Å²) in [6, 6.07) is 9.99. The summed E-state index contributed by atoms with van der Waals surface area (Å²) in [6.07, 6.45) is -1.16. The first-order valence-corrected chi connectivity index (χ1v) is 7.52. The first kappa shape index (κ1) is 16.7. The van der Waals surface area contributed by atoms with Crippen LogP contribution in [0.15, 0.2) is 51.7 Å². The third-order valence-electron chi connectivity index (χ3n) is 3.77. The fourth-order valence-corrected chi connectivity index (χ4v) is 2.42. The molecular weight excluding hydrogens is 329 g/mol. The summed E-state index contributed by atoms with van der Waals surface area (Å²) >= 11 is 0. The van der Waals surface area contributed by atoms with E-state index in [0.29, 0.717) is 16.8 Å². The molecule has 0 aliphatic heterocycles. The number of hydrogen-bond donors (Lipinski definition) is 3. The Morgan fingerprint density at radius 1 is 1.32 bits per heavy atom. The maximum absolute atomic E-state index is 13.6. The maximum atomic E-state index is 13.6. The van der Waals surface area contributed by atoms with Crippen LogP contribution in [0, 0.1) is 5.82 Å². The molecule has 3 rings (SSSR count). The van der Waals surface area contributed by atoms with Crippen LogP contribution in [-0.4, -0.2) is 22.2 Å². The summed E-state index contributed by atoms with van der Waals surface area (Å²) in [4.78, 5) is 23.4. The van der Waals surface area contributed by atoms with Gasteiger partial charge in [0.25, 0.3) is 0 Å². The van der Waals surface area contributed by atoms with Gasteiger partial charge in [-0.15, -0.1) is 0 Å². The Labute approximate surface area is 141 Å². The number of nitrogens with one attached hydrogen (secondary N) is 2. The summed E-state index contributed by atoms with van der Waals surface area (Å²) in [6.45, 7) is -0.154. The van der Waals surface area contributed by atoms with Gasteiger partial charge < -0.3 is 20.2 Å². The van der Waals surface area contributed by atoms with Gasteiger partial charge in [0, 0.05) is 24.8 Å². The molecular formula is C17H16FN3O4. The first-order chi connectivity index (χ1) is 12.0. The van der Waals surface area contributed by atoms with Crippen molar-refractivity contribution in [1.82, 2.24) is 9.88 Å². The number of carbonyl (C=O) groups excluding carboxylic acids is 1. The van der Waals surface area contributed by atoms with E-state index in [1.807, 2.05) is 0 Å². The number of nitrogens with zero attached hydrogens (tertiary/aromatic N) is 1. The molecule has 3 N–H and O–H groups in total. The van der Waals surface area contributed by atoms with Crippen molar-refractivity contribution in [3.05, 3.63) is 64.4 Å². The summed E-state index contributed by atoms with van der Waals surface area (Å²) < 4.78 is 19.9. The lowest BCUT2D eigenvalue weighted by Crippen LogP contribution is -2.32. The summed E-state index contributed by atoms with van der Waals surface area (Å²) in [5.41, 5.74) is 1.50. The fraction of sp³-hybridized carbons (Fsp3) is 0.176. The molecule has 0 saturated heterocycles. The lowest BCUT2D eigenvalue weighted by atomic mass is 10.1. The fourth-order valence-electron chi connectivity index (χ4n) is 2.42. The Morgan fingerprint density at radius 3 is 2.84 bits per heavy atom. The van der Waals surface area contributed by atoms with Crippen molar-refractivity contribution in [1.29, 1.82) is 0 Å². The van der Waals surface area contributed by atoms with Gasteiger partial charge in [-0.2, -0.15) is 0 Å².